The van der Waals surface area contributed by atoms with Gasteiger partial charge < -0.3 is 10.2 Å². The fourth-order valence-corrected chi connectivity index (χ4v) is 3.88. The number of carbonyl (C=O) groups excluding carboxylic acids is 1. The van der Waals surface area contributed by atoms with Crippen molar-refractivity contribution in [2.24, 2.45) is 0 Å². The van der Waals surface area contributed by atoms with Gasteiger partial charge in [-0.1, -0.05) is 18.9 Å². The summed E-state index contributed by atoms with van der Waals surface area (Å²) in [5.41, 5.74) is 6.39. The summed E-state index contributed by atoms with van der Waals surface area (Å²) in [5, 5.41) is 4.38. The molecule has 0 bridgehead atoms. The minimum Gasteiger partial charge on any atom is -0.354 e. The van der Waals surface area contributed by atoms with E-state index in [1.807, 2.05) is 24.0 Å². The predicted octanol–water partition coefficient (Wildman–Crippen LogP) is 5.31. The number of anilines is 2. The molecule has 5 nitrogen and oxygen atoms in total. The zero-order valence-electron chi connectivity index (χ0n) is 17.5. The Labute approximate surface area is 172 Å². The Bertz CT molecular complexity index is 1050. The molecular formula is C24H28N4O. The highest BCUT2D eigenvalue weighted by Gasteiger charge is 2.22. The van der Waals surface area contributed by atoms with E-state index in [1.54, 1.807) is 6.20 Å². The lowest BCUT2D eigenvalue weighted by atomic mass is 10.1. The van der Waals surface area contributed by atoms with E-state index in [0.717, 1.165) is 48.4 Å². The second-order valence-corrected chi connectivity index (χ2v) is 8.00. The Morgan fingerprint density at radius 3 is 2.45 bits per heavy atom. The predicted molar refractivity (Wildman–Crippen MR) is 118 cm³/mol. The summed E-state index contributed by atoms with van der Waals surface area (Å²) in [6.45, 7) is 7.77. The molecule has 0 saturated carbocycles. The van der Waals surface area contributed by atoms with E-state index in [1.165, 1.54) is 24.0 Å². The largest absolute Gasteiger partial charge is 0.354 e. The van der Waals surface area contributed by atoms with E-state index in [4.69, 9.17) is 0 Å². The Morgan fingerprint density at radius 2 is 1.72 bits per heavy atom. The molecule has 1 fully saturated rings. The second-order valence-electron chi connectivity index (χ2n) is 8.00. The number of hydrogen-bond acceptors (Lipinski definition) is 4. The van der Waals surface area contributed by atoms with Gasteiger partial charge in [-0.2, -0.15) is 0 Å². The number of rotatable bonds is 3. The first-order valence-corrected chi connectivity index (χ1v) is 10.4. The van der Waals surface area contributed by atoms with E-state index in [9.17, 15) is 4.79 Å². The smallest absolute Gasteiger partial charge is 0.257 e. The fraction of sp³-hybridized carbons (Fsp3) is 0.375. The number of hydrogen-bond donors (Lipinski definition) is 1. The highest BCUT2D eigenvalue weighted by atomic mass is 16.2. The van der Waals surface area contributed by atoms with Gasteiger partial charge in [0.25, 0.3) is 5.91 Å². The summed E-state index contributed by atoms with van der Waals surface area (Å²) >= 11 is 0. The summed E-state index contributed by atoms with van der Waals surface area (Å²) in [6, 6.07) is 10.2. The zero-order chi connectivity index (χ0) is 20.4. The molecule has 1 N–H and O–H groups in total. The Balaban J connectivity index is 1.80. The van der Waals surface area contributed by atoms with Crippen LogP contribution in [0.5, 0.6) is 0 Å². The second kappa shape index (κ2) is 8.19. The van der Waals surface area contributed by atoms with Crippen LogP contribution >= 0.6 is 0 Å². The van der Waals surface area contributed by atoms with Crippen molar-refractivity contribution in [2.45, 2.75) is 46.5 Å². The maximum absolute atomic E-state index is 13.4. The summed E-state index contributed by atoms with van der Waals surface area (Å²) in [4.78, 5) is 24.5. The number of carbonyl (C=O) groups is 1. The van der Waals surface area contributed by atoms with E-state index >= 15 is 0 Å². The zero-order valence-corrected chi connectivity index (χ0v) is 17.5. The van der Waals surface area contributed by atoms with Crippen LogP contribution in [0.15, 0.2) is 36.5 Å². The maximum atomic E-state index is 13.4. The first kappa shape index (κ1) is 19.4. The first-order valence-electron chi connectivity index (χ1n) is 10.4. The van der Waals surface area contributed by atoms with E-state index in [0.29, 0.717) is 11.2 Å². The Kier molecular flexibility index (Phi) is 5.47. The summed E-state index contributed by atoms with van der Waals surface area (Å²) < 4.78 is 0. The van der Waals surface area contributed by atoms with Gasteiger partial charge in [-0.15, -0.1) is 0 Å². The number of pyridine rings is 2. The van der Waals surface area contributed by atoms with Crippen LogP contribution in [0.4, 0.5) is 11.4 Å². The lowest BCUT2D eigenvalue weighted by molar-refractivity contribution is 0.0762. The molecule has 0 unspecified atom stereocenters. The number of amides is 1. The molecule has 29 heavy (non-hydrogen) atoms. The minimum absolute atomic E-state index is 0.0493. The number of aryl methyl sites for hydroxylation is 3. The standard InChI is InChI=1S/C24H28N4O/c1-16-8-10-19(14-17(16)2)27-22-20-11-9-18(3)26-23(20)25-15-21(22)24(29)28-12-6-4-5-7-13-28/h8-11,14-15H,4-7,12-13H2,1-3H3,(H,25,26,27). The van der Waals surface area contributed by atoms with Gasteiger partial charge >= 0.3 is 0 Å². The van der Waals surface area contributed by atoms with Crippen LogP contribution in [0.1, 0.15) is 52.9 Å². The third kappa shape index (κ3) is 4.09. The highest BCUT2D eigenvalue weighted by Crippen LogP contribution is 2.30. The lowest BCUT2D eigenvalue weighted by Gasteiger charge is -2.23. The van der Waals surface area contributed by atoms with Gasteiger partial charge in [0.05, 0.1) is 11.3 Å². The van der Waals surface area contributed by atoms with Crippen molar-refractivity contribution in [2.75, 3.05) is 18.4 Å². The molecule has 1 aromatic carbocycles. The number of likely N-dealkylation sites (tertiary alicyclic amines) is 1. The van der Waals surface area contributed by atoms with Crippen LogP contribution in [0.2, 0.25) is 0 Å². The molecule has 1 saturated heterocycles. The lowest BCUT2D eigenvalue weighted by Crippen LogP contribution is -2.32. The number of fused-ring (bicyclic) bond motifs is 1. The van der Waals surface area contributed by atoms with Crippen LogP contribution < -0.4 is 5.32 Å². The van der Waals surface area contributed by atoms with Crippen molar-refractivity contribution < 1.29 is 4.79 Å². The molecule has 3 heterocycles. The molecule has 0 radical (unpaired) electrons. The third-order valence-corrected chi connectivity index (χ3v) is 5.77. The molecule has 4 rings (SSSR count). The molecule has 2 aromatic heterocycles. The van der Waals surface area contributed by atoms with Crippen LogP contribution in [0, 0.1) is 20.8 Å². The summed E-state index contributed by atoms with van der Waals surface area (Å²) in [5.74, 6) is 0.0493. The van der Waals surface area contributed by atoms with E-state index in [2.05, 4.69) is 47.3 Å². The molecule has 0 aliphatic carbocycles. The van der Waals surface area contributed by atoms with Crippen molar-refractivity contribution in [1.82, 2.24) is 14.9 Å². The fourth-order valence-electron chi connectivity index (χ4n) is 3.88. The van der Waals surface area contributed by atoms with Gasteiger partial charge in [0, 0.05) is 36.1 Å². The van der Waals surface area contributed by atoms with E-state index in [-0.39, 0.29) is 5.91 Å². The van der Waals surface area contributed by atoms with Gasteiger partial charge in [0.2, 0.25) is 0 Å². The summed E-state index contributed by atoms with van der Waals surface area (Å²) in [7, 11) is 0. The van der Waals surface area contributed by atoms with Gasteiger partial charge in [-0.25, -0.2) is 9.97 Å². The first-order chi connectivity index (χ1) is 14.0. The van der Waals surface area contributed by atoms with Crippen LogP contribution in [-0.2, 0) is 0 Å². The molecule has 150 valence electrons. The Morgan fingerprint density at radius 1 is 0.966 bits per heavy atom. The Hall–Kier alpha value is -2.95. The summed E-state index contributed by atoms with van der Waals surface area (Å²) in [6.07, 6.45) is 6.19. The molecule has 1 aliphatic heterocycles. The molecule has 0 spiro atoms. The van der Waals surface area contributed by atoms with E-state index < -0.39 is 0 Å². The maximum Gasteiger partial charge on any atom is 0.257 e. The number of aromatic nitrogens is 2. The number of benzene rings is 1. The molecule has 1 amide bonds. The van der Waals surface area contributed by atoms with Gasteiger partial charge in [0.15, 0.2) is 5.65 Å². The van der Waals surface area contributed by atoms with Gasteiger partial charge in [-0.05, 0) is 69.0 Å². The monoisotopic (exact) mass is 388 g/mol. The third-order valence-electron chi connectivity index (χ3n) is 5.77. The molecule has 5 heteroatoms. The average Bonchev–Trinajstić information content (AvgIpc) is 3.00. The molecule has 1 aliphatic rings. The average molecular weight is 389 g/mol. The molecule has 0 atom stereocenters. The minimum atomic E-state index is 0.0493. The molecular weight excluding hydrogens is 360 g/mol. The van der Waals surface area contributed by atoms with Crippen molar-refractivity contribution >= 4 is 28.3 Å². The normalized spacial score (nSPS) is 14.7. The number of nitrogens with one attached hydrogen (secondary N) is 1. The van der Waals surface area contributed by atoms with Crippen LogP contribution in [-0.4, -0.2) is 33.9 Å². The van der Waals surface area contributed by atoms with Crippen LogP contribution in [0.25, 0.3) is 11.0 Å². The quantitative estimate of drug-likeness (QED) is 0.660. The SMILES string of the molecule is Cc1ccc2c(Nc3ccc(C)c(C)c3)c(C(=O)N3CCCCCC3)cnc2n1. The topological polar surface area (TPSA) is 58.1 Å². The highest BCUT2D eigenvalue weighted by molar-refractivity contribution is 6.07. The van der Waals surface area contributed by atoms with Crippen molar-refractivity contribution in [3.8, 4) is 0 Å². The van der Waals surface area contributed by atoms with Gasteiger partial charge in [0.1, 0.15) is 0 Å². The number of nitrogens with zero attached hydrogens (tertiary/aromatic N) is 3. The van der Waals surface area contributed by atoms with Crippen molar-refractivity contribution in [1.29, 1.82) is 0 Å². The van der Waals surface area contributed by atoms with Crippen molar-refractivity contribution in [3.05, 3.63) is 58.9 Å². The van der Waals surface area contributed by atoms with Crippen molar-refractivity contribution in [3.63, 3.8) is 0 Å². The van der Waals surface area contributed by atoms with Crippen LogP contribution in [0.3, 0.4) is 0 Å². The molecule has 3 aromatic rings. The van der Waals surface area contributed by atoms with Gasteiger partial charge in [-0.3, -0.25) is 4.79 Å².